The van der Waals surface area contributed by atoms with Gasteiger partial charge in [-0.3, -0.25) is 4.79 Å². The second-order valence-electron chi connectivity index (χ2n) is 9.54. The van der Waals surface area contributed by atoms with Crippen molar-refractivity contribution in [1.29, 1.82) is 0 Å². The number of amides is 1. The van der Waals surface area contributed by atoms with Crippen LogP contribution in [0.3, 0.4) is 0 Å². The monoisotopic (exact) mass is 464 g/mol. The Morgan fingerprint density at radius 1 is 0.912 bits per heavy atom. The molecular weight excluding hydrogens is 436 g/mol. The first-order valence-electron chi connectivity index (χ1n) is 12.2. The van der Waals surface area contributed by atoms with Crippen LogP contribution in [-0.2, 0) is 17.6 Å². The molecule has 170 valence electrons. The number of carbonyl (C=O) groups is 1. The van der Waals surface area contributed by atoms with E-state index in [2.05, 4.69) is 90.4 Å². The van der Waals surface area contributed by atoms with Crippen molar-refractivity contribution in [1.82, 2.24) is 4.98 Å². The van der Waals surface area contributed by atoms with E-state index in [9.17, 15) is 4.79 Å². The molecule has 0 saturated carbocycles. The lowest BCUT2D eigenvalue weighted by molar-refractivity contribution is -0.128. The van der Waals surface area contributed by atoms with Gasteiger partial charge in [0.15, 0.2) is 5.13 Å². The second kappa shape index (κ2) is 8.52. The van der Waals surface area contributed by atoms with Crippen LogP contribution in [0.4, 0.5) is 5.13 Å². The average molecular weight is 465 g/mol. The molecule has 0 aliphatic heterocycles. The third-order valence-electron chi connectivity index (χ3n) is 7.85. The minimum absolute atomic E-state index is 0.0763. The molecule has 4 aromatic rings. The molecule has 4 heteroatoms. The smallest absolute Gasteiger partial charge is 0.233 e. The number of hydrogen-bond donors (Lipinski definition) is 1. The van der Waals surface area contributed by atoms with Crippen molar-refractivity contribution in [2.24, 2.45) is 5.41 Å². The van der Waals surface area contributed by atoms with Crippen LogP contribution in [0, 0.1) is 5.41 Å². The number of thiazole rings is 1. The van der Waals surface area contributed by atoms with Crippen molar-refractivity contribution in [3.05, 3.63) is 118 Å². The summed E-state index contributed by atoms with van der Waals surface area (Å²) in [6.45, 7) is 2.17. The lowest BCUT2D eigenvalue weighted by Gasteiger charge is -2.52. The van der Waals surface area contributed by atoms with E-state index in [0.29, 0.717) is 5.13 Å². The fourth-order valence-electron chi connectivity index (χ4n) is 6.17. The van der Waals surface area contributed by atoms with Crippen LogP contribution in [0.2, 0.25) is 0 Å². The fourth-order valence-corrected chi connectivity index (χ4v) is 6.91. The molecule has 0 saturated heterocycles. The molecule has 34 heavy (non-hydrogen) atoms. The van der Waals surface area contributed by atoms with E-state index in [1.165, 1.54) is 39.2 Å². The van der Waals surface area contributed by atoms with Crippen LogP contribution in [-0.4, -0.2) is 10.9 Å². The highest BCUT2D eigenvalue weighted by Gasteiger charge is 2.55. The van der Waals surface area contributed by atoms with Gasteiger partial charge in [0.25, 0.3) is 0 Å². The van der Waals surface area contributed by atoms with Crippen molar-refractivity contribution in [3.63, 3.8) is 0 Å². The van der Waals surface area contributed by atoms with Crippen molar-refractivity contribution >= 4 is 22.4 Å². The van der Waals surface area contributed by atoms with E-state index < -0.39 is 5.41 Å². The Labute approximate surface area is 204 Å². The van der Waals surface area contributed by atoms with E-state index in [1.54, 1.807) is 0 Å². The fraction of sp³-hybridized carbons (Fsp3) is 0.267. The number of aromatic nitrogens is 1. The molecule has 1 atom stereocenters. The number of carbonyl (C=O) groups excluding carboxylic acids is 1. The van der Waals surface area contributed by atoms with Gasteiger partial charge in [-0.2, -0.15) is 0 Å². The van der Waals surface area contributed by atoms with E-state index >= 15 is 0 Å². The molecule has 7 rings (SSSR count). The lowest BCUT2D eigenvalue weighted by atomic mass is 9.51. The summed E-state index contributed by atoms with van der Waals surface area (Å²) < 4.78 is 0. The average Bonchev–Trinajstić information content (AvgIpc) is 3.35. The number of hydrogen-bond acceptors (Lipinski definition) is 3. The quantitative estimate of drug-likeness (QED) is 0.336. The molecular formula is C30H28N2OS. The van der Waals surface area contributed by atoms with Crippen molar-refractivity contribution < 1.29 is 4.79 Å². The minimum atomic E-state index is -0.469. The maximum absolute atomic E-state index is 14.0. The van der Waals surface area contributed by atoms with Gasteiger partial charge in [0.05, 0.1) is 11.1 Å². The summed E-state index contributed by atoms with van der Waals surface area (Å²) in [5.41, 5.74) is 7.29. The van der Waals surface area contributed by atoms with Gasteiger partial charge in [-0.1, -0.05) is 85.8 Å². The molecule has 1 amide bonds. The van der Waals surface area contributed by atoms with Crippen molar-refractivity contribution in [2.75, 3.05) is 5.32 Å². The van der Waals surface area contributed by atoms with Gasteiger partial charge in [-0.25, -0.2) is 4.98 Å². The van der Waals surface area contributed by atoms with E-state index in [1.807, 2.05) is 6.07 Å². The van der Waals surface area contributed by atoms with Gasteiger partial charge in [-0.15, -0.1) is 11.3 Å². The highest BCUT2D eigenvalue weighted by atomic mass is 32.1. The van der Waals surface area contributed by atoms with Gasteiger partial charge in [0, 0.05) is 17.2 Å². The Morgan fingerprint density at radius 3 is 2.18 bits per heavy atom. The van der Waals surface area contributed by atoms with Crippen LogP contribution in [0.5, 0.6) is 0 Å². The third-order valence-corrected chi connectivity index (χ3v) is 8.66. The number of aryl methyl sites for hydroxylation is 2. The first-order valence-corrected chi connectivity index (χ1v) is 13.0. The summed E-state index contributed by atoms with van der Waals surface area (Å²) in [6, 6.07) is 27.9. The van der Waals surface area contributed by atoms with E-state index in [0.717, 1.165) is 31.4 Å². The molecule has 3 aromatic carbocycles. The lowest BCUT2D eigenvalue weighted by Crippen LogP contribution is -2.48. The number of benzene rings is 3. The van der Waals surface area contributed by atoms with Crippen LogP contribution >= 0.6 is 11.3 Å². The number of rotatable bonds is 6. The first-order chi connectivity index (χ1) is 16.7. The zero-order valence-corrected chi connectivity index (χ0v) is 20.1. The highest BCUT2D eigenvalue weighted by Crippen LogP contribution is 2.62. The summed E-state index contributed by atoms with van der Waals surface area (Å²) in [6.07, 6.45) is 3.48. The SMILES string of the molecule is CCC1(C(=O)Nc2nc(CCc3ccccc3)cs2)CC2c3ccccc3C1c1ccccc12. The number of anilines is 1. The Hall–Kier alpha value is -3.24. The Bertz CT molecular complexity index is 1300. The van der Waals surface area contributed by atoms with Gasteiger partial charge in [0.1, 0.15) is 0 Å². The maximum atomic E-state index is 14.0. The van der Waals surface area contributed by atoms with Crippen LogP contribution in [0.15, 0.2) is 84.2 Å². The number of nitrogens with zero attached hydrogens (tertiary/aromatic N) is 1. The standard InChI is InChI=1S/C30H28N2OS/c1-2-30(28(33)32-29-31-21(19-34-29)17-16-20-10-4-3-5-11-20)18-26-22-12-6-8-14-24(22)27(30)25-15-9-7-13-23(25)26/h3-15,19,26-27H,2,16-18H2,1H3,(H,31,32,33). The first kappa shape index (κ1) is 21.3. The Balaban J connectivity index is 1.28. The zero-order valence-electron chi connectivity index (χ0n) is 19.3. The van der Waals surface area contributed by atoms with Crippen LogP contribution in [0.1, 0.15) is 65.1 Å². The molecule has 1 unspecified atom stereocenters. The van der Waals surface area contributed by atoms with E-state index in [-0.39, 0.29) is 17.7 Å². The summed E-state index contributed by atoms with van der Waals surface area (Å²) in [5.74, 6) is 0.450. The summed E-state index contributed by atoms with van der Waals surface area (Å²) in [4.78, 5) is 18.7. The predicted molar refractivity (Wildman–Crippen MR) is 139 cm³/mol. The van der Waals surface area contributed by atoms with Gasteiger partial charge in [-0.05, 0) is 53.5 Å². The van der Waals surface area contributed by atoms with Crippen molar-refractivity contribution in [3.8, 4) is 0 Å². The van der Waals surface area contributed by atoms with Gasteiger partial charge < -0.3 is 5.32 Å². The Morgan fingerprint density at radius 2 is 1.53 bits per heavy atom. The molecule has 3 nitrogen and oxygen atoms in total. The minimum Gasteiger partial charge on any atom is -0.301 e. The van der Waals surface area contributed by atoms with Gasteiger partial charge >= 0.3 is 0 Å². The second-order valence-corrected chi connectivity index (χ2v) is 10.4. The molecule has 0 spiro atoms. The largest absolute Gasteiger partial charge is 0.301 e. The molecule has 3 aliphatic rings. The molecule has 0 fully saturated rings. The summed E-state index contributed by atoms with van der Waals surface area (Å²) in [5, 5.41) is 6.03. The zero-order chi connectivity index (χ0) is 23.1. The highest BCUT2D eigenvalue weighted by molar-refractivity contribution is 7.13. The van der Waals surface area contributed by atoms with Gasteiger partial charge in [0.2, 0.25) is 5.91 Å². The summed E-state index contributed by atoms with van der Waals surface area (Å²) in [7, 11) is 0. The molecule has 1 N–H and O–H groups in total. The van der Waals surface area contributed by atoms with E-state index in [4.69, 9.17) is 4.98 Å². The normalized spacial score (nSPS) is 22.1. The van der Waals surface area contributed by atoms with Crippen LogP contribution in [0.25, 0.3) is 0 Å². The number of fused-ring (bicyclic) bond motifs is 1. The molecule has 0 radical (unpaired) electrons. The number of nitrogens with one attached hydrogen (secondary N) is 1. The third kappa shape index (κ3) is 3.40. The summed E-state index contributed by atoms with van der Waals surface area (Å²) >= 11 is 1.53. The molecule has 3 aliphatic carbocycles. The van der Waals surface area contributed by atoms with Crippen molar-refractivity contribution in [2.45, 2.75) is 44.4 Å². The topological polar surface area (TPSA) is 42.0 Å². The Kier molecular flexibility index (Phi) is 5.34. The predicted octanol–water partition coefficient (Wildman–Crippen LogP) is 6.94. The van der Waals surface area contributed by atoms with Crippen LogP contribution < -0.4 is 5.32 Å². The molecule has 1 aromatic heterocycles. The molecule has 1 heterocycles. The molecule has 2 bridgehead atoms. The maximum Gasteiger partial charge on any atom is 0.233 e.